The van der Waals surface area contributed by atoms with Gasteiger partial charge in [0.25, 0.3) is 0 Å². The molecule has 2 N–H and O–H groups in total. The molecule has 0 heterocycles. The Labute approximate surface area is 124 Å². The highest BCUT2D eigenvalue weighted by atomic mass is 16.5. The lowest BCUT2D eigenvalue weighted by Gasteiger charge is -2.39. The molecule has 0 aromatic heterocycles. The fraction of sp³-hybridized carbons (Fsp3) is 0.647. The van der Waals surface area contributed by atoms with Crippen molar-refractivity contribution in [1.82, 2.24) is 4.90 Å². The summed E-state index contributed by atoms with van der Waals surface area (Å²) >= 11 is 0. The van der Waals surface area contributed by atoms with E-state index in [0.29, 0.717) is 6.54 Å². The Morgan fingerprint density at radius 2 is 1.90 bits per heavy atom. The van der Waals surface area contributed by atoms with Crippen LogP contribution in [0.4, 0.5) is 0 Å². The molecule has 1 atom stereocenters. The van der Waals surface area contributed by atoms with Crippen LogP contribution in [0.15, 0.2) is 24.3 Å². The maximum Gasteiger partial charge on any atom is 0.119 e. The van der Waals surface area contributed by atoms with Crippen molar-refractivity contribution in [2.75, 3.05) is 26.2 Å². The van der Waals surface area contributed by atoms with E-state index in [-0.39, 0.29) is 5.54 Å². The molecule has 1 rings (SSSR count). The van der Waals surface area contributed by atoms with E-state index in [9.17, 15) is 0 Å². The molecule has 0 aliphatic heterocycles. The predicted molar refractivity (Wildman–Crippen MR) is 86.3 cm³/mol. The number of nitrogens with zero attached hydrogens (tertiary/aromatic N) is 1. The minimum absolute atomic E-state index is 0.00683. The summed E-state index contributed by atoms with van der Waals surface area (Å²) in [7, 11) is 0. The van der Waals surface area contributed by atoms with Crippen LogP contribution in [0.3, 0.4) is 0 Å². The van der Waals surface area contributed by atoms with E-state index in [4.69, 9.17) is 10.5 Å². The molecule has 3 heteroatoms. The molecule has 3 nitrogen and oxygen atoms in total. The molecule has 0 saturated heterocycles. The van der Waals surface area contributed by atoms with Crippen molar-refractivity contribution < 1.29 is 4.74 Å². The molecule has 0 bridgehead atoms. The van der Waals surface area contributed by atoms with E-state index < -0.39 is 0 Å². The lowest BCUT2D eigenvalue weighted by Crippen LogP contribution is -2.53. The number of benzene rings is 1. The topological polar surface area (TPSA) is 38.5 Å². The molecule has 0 saturated carbocycles. The summed E-state index contributed by atoms with van der Waals surface area (Å²) < 4.78 is 5.71. The van der Waals surface area contributed by atoms with Gasteiger partial charge in [0.2, 0.25) is 0 Å². The van der Waals surface area contributed by atoms with Gasteiger partial charge < -0.3 is 10.5 Å². The van der Waals surface area contributed by atoms with Crippen molar-refractivity contribution in [3.8, 4) is 5.75 Å². The van der Waals surface area contributed by atoms with Gasteiger partial charge in [-0.3, -0.25) is 4.90 Å². The lowest BCUT2D eigenvalue weighted by molar-refractivity contribution is 0.124. The fourth-order valence-electron chi connectivity index (χ4n) is 2.71. The summed E-state index contributed by atoms with van der Waals surface area (Å²) in [5, 5.41) is 0. The summed E-state index contributed by atoms with van der Waals surface area (Å²) in [4.78, 5) is 2.44. The fourth-order valence-corrected chi connectivity index (χ4v) is 2.71. The summed E-state index contributed by atoms with van der Waals surface area (Å²) in [6, 6.07) is 8.40. The highest BCUT2D eigenvalue weighted by molar-refractivity contribution is 5.29. The van der Waals surface area contributed by atoms with E-state index in [0.717, 1.165) is 38.3 Å². The van der Waals surface area contributed by atoms with E-state index >= 15 is 0 Å². The lowest BCUT2D eigenvalue weighted by atomic mass is 9.90. The van der Waals surface area contributed by atoms with Crippen LogP contribution in [0.1, 0.15) is 39.7 Å². The normalized spacial score (nSPS) is 14.3. The number of nitrogens with two attached hydrogens (primary N) is 1. The van der Waals surface area contributed by atoms with Crippen LogP contribution in [0.5, 0.6) is 5.75 Å². The molecule has 0 aliphatic rings. The standard InChI is InChI=1S/C17H30N2O/c1-5-11-20-16-10-8-9-15(12-16)13-17(4,14-18)19(6-2)7-3/h8-10,12H,5-7,11,13-14,18H2,1-4H3. The van der Waals surface area contributed by atoms with Crippen molar-refractivity contribution in [3.63, 3.8) is 0 Å². The van der Waals surface area contributed by atoms with Gasteiger partial charge in [0.05, 0.1) is 6.61 Å². The highest BCUT2D eigenvalue weighted by Gasteiger charge is 2.28. The average Bonchev–Trinajstić information content (AvgIpc) is 2.46. The second-order valence-corrected chi connectivity index (χ2v) is 5.55. The maximum absolute atomic E-state index is 6.05. The zero-order chi connectivity index (χ0) is 15.0. The van der Waals surface area contributed by atoms with Crippen LogP contribution in [0.2, 0.25) is 0 Å². The number of likely N-dealkylation sites (N-methyl/N-ethyl adjacent to an activating group) is 1. The third kappa shape index (κ3) is 4.50. The Morgan fingerprint density at radius 1 is 1.20 bits per heavy atom. The van der Waals surface area contributed by atoms with Crippen molar-refractivity contribution in [1.29, 1.82) is 0 Å². The van der Waals surface area contributed by atoms with E-state index in [1.54, 1.807) is 0 Å². The minimum Gasteiger partial charge on any atom is -0.494 e. The van der Waals surface area contributed by atoms with Crippen LogP contribution in [-0.2, 0) is 6.42 Å². The highest BCUT2D eigenvalue weighted by Crippen LogP contribution is 2.22. The van der Waals surface area contributed by atoms with Gasteiger partial charge in [0.15, 0.2) is 0 Å². The van der Waals surface area contributed by atoms with Crippen molar-refractivity contribution in [3.05, 3.63) is 29.8 Å². The Morgan fingerprint density at radius 3 is 2.45 bits per heavy atom. The smallest absolute Gasteiger partial charge is 0.119 e. The quantitative estimate of drug-likeness (QED) is 0.754. The van der Waals surface area contributed by atoms with Gasteiger partial charge in [0.1, 0.15) is 5.75 Å². The molecule has 114 valence electrons. The molecule has 1 unspecified atom stereocenters. The number of hydrogen-bond donors (Lipinski definition) is 1. The van der Waals surface area contributed by atoms with Gasteiger partial charge in [-0.15, -0.1) is 0 Å². The Balaban J connectivity index is 2.83. The molecular weight excluding hydrogens is 248 g/mol. The summed E-state index contributed by atoms with van der Waals surface area (Å²) in [6.07, 6.45) is 1.98. The first-order chi connectivity index (χ1) is 9.59. The van der Waals surface area contributed by atoms with Crippen molar-refractivity contribution in [2.24, 2.45) is 5.73 Å². The van der Waals surface area contributed by atoms with Crippen LogP contribution in [0, 0.1) is 0 Å². The first-order valence-electron chi connectivity index (χ1n) is 7.76. The van der Waals surface area contributed by atoms with Gasteiger partial charge in [-0.2, -0.15) is 0 Å². The molecule has 0 spiro atoms. The summed E-state index contributed by atoms with van der Waals surface area (Å²) in [5.41, 5.74) is 7.35. The average molecular weight is 278 g/mol. The summed E-state index contributed by atoms with van der Waals surface area (Å²) in [5.74, 6) is 0.961. The number of ether oxygens (including phenoxy) is 1. The first-order valence-corrected chi connectivity index (χ1v) is 7.76. The Hall–Kier alpha value is -1.06. The van der Waals surface area contributed by atoms with E-state index in [2.05, 4.69) is 50.8 Å². The monoisotopic (exact) mass is 278 g/mol. The van der Waals surface area contributed by atoms with Crippen molar-refractivity contribution >= 4 is 0 Å². The van der Waals surface area contributed by atoms with Crippen LogP contribution < -0.4 is 10.5 Å². The third-order valence-corrected chi connectivity index (χ3v) is 3.92. The Bertz CT molecular complexity index is 390. The molecule has 0 amide bonds. The minimum atomic E-state index is 0.00683. The van der Waals surface area contributed by atoms with Gasteiger partial charge in [-0.05, 0) is 50.6 Å². The van der Waals surface area contributed by atoms with Gasteiger partial charge in [-0.1, -0.05) is 32.9 Å². The zero-order valence-corrected chi connectivity index (χ0v) is 13.5. The van der Waals surface area contributed by atoms with Crippen LogP contribution in [0.25, 0.3) is 0 Å². The molecule has 1 aromatic rings. The summed E-state index contributed by atoms with van der Waals surface area (Å²) in [6.45, 7) is 12.2. The molecule has 1 aromatic carbocycles. The Kier molecular flexibility index (Phi) is 7.03. The largest absolute Gasteiger partial charge is 0.494 e. The SMILES string of the molecule is CCCOc1cccc(CC(C)(CN)N(CC)CC)c1. The molecule has 20 heavy (non-hydrogen) atoms. The molecular formula is C17H30N2O. The number of rotatable bonds is 9. The van der Waals surface area contributed by atoms with Gasteiger partial charge in [0, 0.05) is 12.1 Å². The first kappa shape index (κ1) is 17.0. The predicted octanol–water partition coefficient (Wildman–Crippen LogP) is 3.08. The van der Waals surface area contributed by atoms with E-state index in [1.165, 1.54) is 5.56 Å². The van der Waals surface area contributed by atoms with Crippen LogP contribution in [-0.4, -0.2) is 36.7 Å². The second kappa shape index (κ2) is 8.28. The van der Waals surface area contributed by atoms with E-state index in [1.807, 2.05) is 6.07 Å². The van der Waals surface area contributed by atoms with Gasteiger partial charge >= 0.3 is 0 Å². The van der Waals surface area contributed by atoms with Crippen molar-refractivity contribution in [2.45, 2.75) is 46.1 Å². The molecule has 0 aliphatic carbocycles. The third-order valence-electron chi connectivity index (χ3n) is 3.92. The number of hydrogen-bond acceptors (Lipinski definition) is 3. The zero-order valence-electron chi connectivity index (χ0n) is 13.5. The van der Waals surface area contributed by atoms with Gasteiger partial charge in [-0.25, -0.2) is 0 Å². The molecule has 0 fully saturated rings. The van der Waals surface area contributed by atoms with Crippen LogP contribution >= 0.6 is 0 Å². The maximum atomic E-state index is 6.05. The molecule has 0 radical (unpaired) electrons. The second-order valence-electron chi connectivity index (χ2n) is 5.55.